The van der Waals surface area contributed by atoms with Gasteiger partial charge in [-0.25, -0.2) is 9.78 Å². The minimum Gasteiger partial charge on any atom is -0.478 e. The molecule has 1 rings (SSSR count). The highest BCUT2D eigenvalue weighted by atomic mass is 16.4. The van der Waals surface area contributed by atoms with Crippen molar-refractivity contribution < 1.29 is 14.7 Å². The molecule has 5 heteroatoms. The van der Waals surface area contributed by atoms with Gasteiger partial charge in [0.05, 0.1) is 5.56 Å². The van der Waals surface area contributed by atoms with E-state index in [0.29, 0.717) is 5.82 Å². The molecule has 1 N–H and O–H groups in total. The maximum absolute atomic E-state index is 12.0. The Morgan fingerprint density at radius 2 is 1.94 bits per heavy atom. The number of aromatic nitrogens is 1. The van der Waals surface area contributed by atoms with Gasteiger partial charge < -0.3 is 5.11 Å². The number of carboxylic acids is 1. The summed E-state index contributed by atoms with van der Waals surface area (Å²) in [6.45, 7) is 5.40. The molecule has 0 aliphatic carbocycles. The molecule has 0 saturated heterocycles. The van der Waals surface area contributed by atoms with Crippen LogP contribution in [0, 0.1) is 5.41 Å². The van der Waals surface area contributed by atoms with Gasteiger partial charge >= 0.3 is 5.97 Å². The van der Waals surface area contributed by atoms with E-state index < -0.39 is 11.4 Å². The molecule has 0 aromatic carbocycles. The first kappa shape index (κ1) is 13.2. The van der Waals surface area contributed by atoms with Crippen LogP contribution in [0.2, 0.25) is 0 Å². The van der Waals surface area contributed by atoms with Crippen molar-refractivity contribution in [2.45, 2.75) is 20.8 Å². The summed E-state index contributed by atoms with van der Waals surface area (Å²) in [6.07, 6.45) is 1.38. The fourth-order valence-electron chi connectivity index (χ4n) is 1.34. The van der Waals surface area contributed by atoms with Crippen LogP contribution in [0.1, 0.15) is 31.1 Å². The molecule has 17 heavy (non-hydrogen) atoms. The molecular formula is C12H16N2O3. The zero-order chi connectivity index (χ0) is 13.2. The van der Waals surface area contributed by atoms with E-state index in [2.05, 4.69) is 4.98 Å². The molecule has 1 aromatic heterocycles. The van der Waals surface area contributed by atoms with Crippen LogP contribution in [0.15, 0.2) is 18.3 Å². The van der Waals surface area contributed by atoms with Crippen molar-refractivity contribution in [2.75, 3.05) is 11.9 Å². The first-order valence-corrected chi connectivity index (χ1v) is 5.21. The van der Waals surface area contributed by atoms with E-state index in [-0.39, 0.29) is 11.5 Å². The van der Waals surface area contributed by atoms with Gasteiger partial charge in [0.1, 0.15) is 5.82 Å². The number of nitrogens with zero attached hydrogens (tertiary/aromatic N) is 2. The molecule has 0 saturated carbocycles. The minimum absolute atomic E-state index is 0.114. The normalized spacial score (nSPS) is 11.1. The van der Waals surface area contributed by atoms with Crippen LogP contribution in [-0.2, 0) is 4.79 Å². The third-order valence-corrected chi connectivity index (χ3v) is 2.28. The summed E-state index contributed by atoms with van der Waals surface area (Å²) in [5.41, 5.74) is -0.418. The molecule has 0 atom stereocenters. The number of carbonyl (C=O) groups excluding carboxylic acids is 1. The Kier molecular flexibility index (Phi) is 3.50. The van der Waals surface area contributed by atoms with E-state index >= 15 is 0 Å². The molecule has 0 aliphatic rings. The van der Waals surface area contributed by atoms with Gasteiger partial charge in [-0.2, -0.15) is 0 Å². The van der Waals surface area contributed by atoms with Crippen LogP contribution >= 0.6 is 0 Å². The Morgan fingerprint density at radius 3 is 2.41 bits per heavy atom. The fraction of sp³-hybridized carbons (Fsp3) is 0.417. The first-order valence-electron chi connectivity index (χ1n) is 5.21. The Balaban J connectivity index is 3.05. The van der Waals surface area contributed by atoms with Crippen molar-refractivity contribution in [3.63, 3.8) is 0 Å². The van der Waals surface area contributed by atoms with Gasteiger partial charge in [0.2, 0.25) is 5.91 Å². The molecule has 1 heterocycles. The Hall–Kier alpha value is -1.91. The molecule has 92 valence electrons. The average Bonchev–Trinajstić information content (AvgIpc) is 2.26. The van der Waals surface area contributed by atoms with Crippen LogP contribution in [-0.4, -0.2) is 29.0 Å². The van der Waals surface area contributed by atoms with Gasteiger partial charge in [-0.05, 0) is 12.1 Å². The van der Waals surface area contributed by atoms with E-state index in [1.54, 1.807) is 27.8 Å². The highest BCUT2D eigenvalue weighted by Crippen LogP contribution is 2.20. The van der Waals surface area contributed by atoms with Crippen molar-refractivity contribution >= 4 is 17.7 Å². The van der Waals surface area contributed by atoms with Gasteiger partial charge in [0.15, 0.2) is 0 Å². The summed E-state index contributed by atoms with van der Waals surface area (Å²) in [5, 5.41) is 8.86. The van der Waals surface area contributed by atoms with Crippen molar-refractivity contribution in [3.8, 4) is 0 Å². The van der Waals surface area contributed by atoms with E-state index in [1.807, 2.05) is 0 Å². The van der Waals surface area contributed by atoms with Crippen molar-refractivity contribution in [1.82, 2.24) is 4.98 Å². The van der Waals surface area contributed by atoms with Crippen molar-refractivity contribution in [1.29, 1.82) is 0 Å². The molecule has 0 radical (unpaired) electrons. The van der Waals surface area contributed by atoms with E-state index in [1.165, 1.54) is 23.2 Å². The lowest BCUT2D eigenvalue weighted by atomic mass is 9.95. The number of carbonyl (C=O) groups is 2. The molecule has 0 unspecified atom stereocenters. The Morgan fingerprint density at radius 1 is 1.35 bits per heavy atom. The smallest absolute Gasteiger partial charge is 0.335 e. The van der Waals surface area contributed by atoms with Gasteiger partial charge in [-0.1, -0.05) is 20.8 Å². The lowest BCUT2D eigenvalue weighted by molar-refractivity contribution is -0.125. The second-order valence-corrected chi connectivity index (χ2v) is 4.82. The molecule has 5 nitrogen and oxygen atoms in total. The monoisotopic (exact) mass is 236 g/mol. The van der Waals surface area contributed by atoms with Crippen LogP contribution in [0.3, 0.4) is 0 Å². The predicted molar refractivity (Wildman–Crippen MR) is 64.1 cm³/mol. The number of rotatable bonds is 2. The Bertz CT molecular complexity index is 449. The van der Waals surface area contributed by atoms with Crippen LogP contribution < -0.4 is 4.90 Å². The maximum atomic E-state index is 12.0. The van der Waals surface area contributed by atoms with Gasteiger partial charge in [0, 0.05) is 18.7 Å². The number of hydrogen-bond acceptors (Lipinski definition) is 3. The second-order valence-electron chi connectivity index (χ2n) is 4.82. The summed E-state index contributed by atoms with van der Waals surface area (Å²) in [4.78, 5) is 28.2. The third-order valence-electron chi connectivity index (χ3n) is 2.28. The highest BCUT2D eigenvalue weighted by molar-refractivity contribution is 5.96. The second kappa shape index (κ2) is 4.53. The molecule has 1 aromatic rings. The third kappa shape index (κ3) is 3.03. The number of aromatic carboxylic acids is 1. The van der Waals surface area contributed by atoms with Crippen molar-refractivity contribution in [2.24, 2.45) is 5.41 Å². The lowest BCUT2D eigenvalue weighted by Gasteiger charge is -2.25. The molecule has 0 aliphatic heterocycles. The van der Waals surface area contributed by atoms with E-state index in [0.717, 1.165) is 0 Å². The largest absolute Gasteiger partial charge is 0.478 e. The zero-order valence-corrected chi connectivity index (χ0v) is 10.4. The van der Waals surface area contributed by atoms with E-state index in [4.69, 9.17) is 5.11 Å². The molecule has 0 spiro atoms. The summed E-state index contributed by atoms with van der Waals surface area (Å²) in [6, 6.07) is 2.77. The number of carboxylic acid groups (broad SMARTS) is 1. The number of hydrogen-bond donors (Lipinski definition) is 1. The summed E-state index contributed by atoms with van der Waals surface area (Å²) in [5.74, 6) is -0.817. The number of amides is 1. The van der Waals surface area contributed by atoms with Crippen LogP contribution in [0.25, 0.3) is 0 Å². The SMILES string of the molecule is CN(C(=O)C(C)(C)C)c1cc(C(=O)O)ccn1. The van der Waals surface area contributed by atoms with Crippen molar-refractivity contribution in [3.05, 3.63) is 23.9 Å². The molecule has 1 amide bonds. The summed E-state index contributed by atoms with van der Waals surface area (Å²) >= 11 is 0. The van der Waals surface area contributed by atoms with Crippen LogP contribution in [0.4, 0.5) is 5.82 Å². The molecular weight excluding hydrogens is 220 g/mol. The standard InChI is InChI=1S/C12H16N2O3/c1-12(2,3)11(17)14(4)9-7-8(10(15)16)5-6-13-9/h5-7H,1-4H3,(H,15,16). The molecule has 0 fully saturated rings. The quantitative estimate of drug-likeness (QED) is 0.849. The maximum Gasteiger partial charge on any atom is 0.335 e. The number of anilines is 1. The molecule has 0 bridgehead atoms. The van der Waals surface area contributed by atoms with Gasteiger partial charge in [-0.3, -0.25) is 9.69 Å². The minimum atomic E-state index is -1.04. The predicted octanol–water partition coefficient (Wildman–Crippen LogP) is 1.79. The highest BCUT2D eigenvalue weighted by Gasteiger charge is 2.26. The van der Waals surface area contributed by atoms with Gasteiger partial charge in [0.25, 0.3) is 0 Å². The average molecular weight is 236 g/mol. The number of pyridine rings is 1. The van der Waals surface area contributed by atoms with Crippen LogP contribution in [0.5, 0.6) is 0 Å². The lowest BCUT2D eigenvalue weighted by Crippen LogP contribution is -2.37. The summed E-state index contributed by atoms with van der Waals surface area (Å²) < 4.78 is 0. The topological polar surface area (TPSA) is 70.5 Å². The Labute approximate surface area is 100 Å². The van der Waals surface area contributed by atoms with E-state index in [9.17, 15) is 9.59 Å². The summed E-state index contributed by atoms with van der Waals surface area (Å²) in [7, 11) is 1.58. The fourth-order valence-corrected chi connectivity index (χ4v) is 1.34. The first-order chi connectivity index (χ1) is 7.73. The zero-order valence-electron chi connectivity index (χ0n) is 10.4. The van der Waals surface area contributed by atoms with Gasteiger partial charge in [-0.15, -0.1) is 0 Å².